The Morgan fingerprint density at radius 2 is 2.00 bits per heavy atom. The van der Waals surface area contributed by atoms with Gasteiger partial charge in [-0.05, 0) is 55.4 Å². The molecule has 29 heavy (non-hydrogen) atoms. The Labute approximate surface area is 176 Å². The van der Waals surface area contributed by atoms with Crippen molar-refractivity contribution in [2.45, 2.75) is 51.9 Å². The molecular weight excluding hydrogens is 376 g/mol. The lowest BCUT2D eigenvalue weighted by atomic mass is 9.97. The van der Waals surface area contributed by atoms with Gasteiger partial charge in [-0.2, -0.15) is 0 Å². The van der Waals surface area contributed by atoms with Gasteiger partial charge in [0.15, 0.2) is 0 Å². The van der Waals surface area contributed by atoms with Crippen LogP contribution >= 0.6 is 11.3 Å². The second-order valence-electron chi connectivity index (χ2n) is 7.82. The zero-order valence-electron chi connectivity index (χ0n) is 17.0. The molecule has 150 valence electrons. The summed E-state index contributed by atoms with van der Waals surface area (Å²) in [6.45, 7) is 2.75. The van der Waals surface area contributed by atoms with Crippen molar-refractivity contribution in [2.24, 2.45) is 0 Å². The first-order chi connectivity index (χ1) is 14.2. The van der Waals surface area contributed by atoms with E-state index in [1.807, 2.05) is 6.92 Å². The standard InChI is InChI=1S/C25H28N2OS/c1-18-23(17-24(28)26-15-14-19-8-3-2-4-9-19)29-25(27-18)16-21-12-7-11-20-10-5-6-13-22(20)21/h5-8,10-13H,2-4,9,14-17H2,1H3,(H,26,28). The molecule has 0 fully saturated rings. The van der Waals surface area contributed by atoms with Gasteiger partial charge in [0.25, 0.3) is 0 Å². The van der Waals surface area contributed by atoms with Crippen molar-refractivity contribution >= 4 is 28.0 Å². The van der Waals surface area contributed by atoms with Gasteiger partial charge in [-0.15, -0.1) is 11.3 Å². The van der Waals surface area contributed by atoms with Crippen LogP contribution in [0.1, 0.15) is 53.2 Å². The van der Waals surface area contributed by atoms with Gasteiger partial charge in [-0.1, -0.05) is 54.1 Å². The molecule has 4 heteroatoms. The van der Waals surface area contributed by atoms with E-state index >= 15 is 0 Å². The number of amides is 1. The molecule has 3 aromatic rings. The van der Waals surface area contributed by atoms with Crippen LogP contribution in [0, 0.1) is 6.92 Å². The summed E-state index contributed by atoms with van der Waals surface area (Å²) in [4.78, 5) is 18.2. The average Bonchev–Trinajstić information content (AvgIpc) is 3.07. The van der Waals surface area contributed by atoms with E-state index in [2.05, 4.69) is 53.9 Å². The Morgan fingerprint density at radius 1 is 1.14 bits per heavy atom. The predicted molar refractivity (Wildman–Crippen MR) is 121 cm³/mol. The fourth-order valence-electron chi connectivity index (χ4n) is 4.04. The van der Waals surface area contributed by atoms with Crippen LogP contribution in [-0.2, 0) is 17.6 Å². The summed E-state index contributed by atoms with van der Waals surface area (Å²) < 4.78 is 0. The van der Waals surface area contributed by atoms with E-state index in [1.54, 1.807) is 11.3 Å². The van der Waals surface area contributed by atoms with Crippen LogP contribution in [0.25, 0.3) is 10.8 Å². The van der Waals surface area contributed by atoms with Crippen molar-refractivity contribution in [3.8, 4) is 0 Å². The average molecular weight is 405 g/mol. The molecule has 0 unspecified atom stereocenters. The molecule has 0 spiro atoms. The van der Waals surface area contributed by atoms with Crippen molar-refractivity contribution in [3.63, 3.8) is 0 Å². The van der Waals surface area contributed by atoms with Crippen molar-refractivity contribution < 1.29 is 4.79 Å². The van der Waals surface area contributed by atoms with E-state index in [0.717, 1.165) is 35.0 Å². The van der Waals surface area contributed by atoms with Crippen LogP contribution in [-0.4, -0.2) is 17.4 Å². The molecule has 3 nitrogen and oxygen atoms in total. The third kappa shape index (κ3) is 5.13. The monoisotopic (exact) mass is 404 g/mol. The lowest BCUT2D eigenvalue weighted by molar-refractivity contribution is -0.120. The van der Waals surface area contributed by atoms with Gasteiger partial charge in [0.1, 0.15) is 0 Å². The second-order valence-corrected chi connectivity index (χ2v) is 8.98. The van der Waals surface area contributed by atoms with Crippen LogP contribution in [0.3, 0.4) is 0 Å². The van der Waals surface area contributed by atoms with Gasteiger partial charge in [-0.25, -0.2) is 4.98 Å². The Hall–Kier alpha value is -2.46. The molecule has 0 saturated heterocycles. The molecular formula is C25H28N2OS. The fraction of sp³-hybridized carbons (Fsp3) is 0.360. The Morgan fingerprint density at radius 3 is 2.86 bits per heavy atom. The first-order valence-electron chi connectivity index (χ1n) is 10.6. The zero-order valence-corrected chi connectivity index (χ0v) is 17.9. The minimum absolute atomic E-state index is 0.102. The number of allylic oxidation sites excluding steroid dienone is 1. The molecule has 1 aromatic heterocycles. The maximum Gasteiger partial charge on any atom is 0.225 e. The molecule has 0 atom stereocenters. The summed E-state index contributed by atoms with van der Waals surface area (Å²) in [5, 5.41) is 6.70. The predicted octanol–water partition coefficient (Wildman–Crippen LogP) is 5.74. The number of benzene rings is 2. The minimum Gasteiger partial charge on any atom is -0.355 e. The normalized spacial score (nSPS) is 14.0. The largest absolute Gasteiger partial charge is 0.355 e. The maximum atomic E-state index is 12.4. The van der Waals surface area contributed by atoms with E-state index < -0.39 is 0 Å². The van der Waals surface area contributed by atoms with Gasteiger partial charge in [-0.3, -0.25) is 4.79 Å². The lowest BCUT2D eigenvalue weighted by Crippen LogP contribution is -2.26. The van der Waals surface area contributed by atoms with Crippen LogP contribution in [0.5, 0.6) is 0 Å². The van der Waals surface area contributed by atoms with Crippen LogP contribution in [0.4, 0.5) is 0 Å². The first-order valence-corrected chi connectivity index (χ1v) is 11.4. The number of aryl methyl sites for hydroxylation is 1. The number of hydrogen-bond acceptors (Lipinski definition) is 3. The highest BCUT2D eigenvalue weighted by Crippen LogP contribution is 2.25. The van der Waals surface area contributed by atoms with Crippen molar-refractivity contribution in [1.29, 1.82) is 0 Å². The number of nitrogens with one attached hydrogen (secondary N) is 1. The van der Waals surface area contributed by atoms with Crippen LogP contribution in [0.2, 0.25) is 0 Å². The number of carbonyl (C=O) groups is 1. The third-order valence-corrected chi connectivity index (χ3v) is 6.79. The fourth-order valence-corrected chi connectivity index (χ4v) is 5.13. The van der Waals surface area contributed by atoms with Gasteiger partial charge in [0.2, 0.25) is 5.91 Å². The Kier molecular flexibility index (Phi) is 6.40. The number of hydrogen-bond donors (Lipinski definition) is 1. The molecule has 4 rings (SSSR count). The molecule has 0 saturated carbocycles. The van der Waals surface area contributed by atoms with E-state index in [-0.39, 0.29) is 5.91 Å². The Balaban J connectivity index is 1.36. The summed E-state index contributed by atoms with van der Waals surface area (Å²) in [5.74, 6) is 0.102. The lowest BCUT2D eigenvalue weighted by Gasteiger charge is -2.12. The minimum atomic E-state index is 0.102. The van der Waals surface area contributed by atoms with Crippen molar-refractivity contribution in [1.82, 2.24) is 10.3 Å². The van der Waals surface area contributed by atoms with E-state index in [1.165, 1.54) is 47.6 Å². The van der Waals surface area contributed by atoms with E-state index in [4.69, 9.17) is 4.98 Å². The second kappa shape index (κ2) is 9.36. The molecule has 0 radical (unpaired) electrons. The number of nitrogens with zero attached hydrogens (tertiary/aromatic N) is 1. The number of carbonyl (C=O) groups excluding carboxylic acids is 1. The molecule has 0 aliphatic heterocycles. The molecule has 1 aliphatic rings. The molecule has 1 heterocycles. The number of fused-ring (bicyclic) bond motifs is 1. The zero-order chi connectivity index (χ0) is 20.1. The molecule has 1 amide bonds. The number of aromatic nitrogens is 1. The number of rotatable bonds is 7. The smallest absolute Gasteiger partial charge is 0.225 e. The third-order valence-electron chi connectivity index (χ3n) is 5.63. The molecule has 1 aliphatic carbocycles. The SMILES string of the molecule is Cc1nc(Cc2cccc3ccccc23)sc1CC(=O)NCCC1=CCCCC1. The highest BCUT2D eigenvalue weighted by molar-refractivity contribution is 7.11. The van der Waals surface area contributed by atoms with Crippen LogP contribution < -0.4 is 5.32 Å². The molecule has 1 N–H and O–H groups in total. The highest BCUT2D eigenvalue weighted by atomic mass is 32.1. The van der Waals surface area contributed by atoms with Gasteiger partial charge in [0, 0.05) is 17.8 Å². The summed E-state index contributed by atoms with van der Waals surface area (Å²) in [6.07, 6.45) is 9.56. The molecule has 2 aromatic carbocycles. The van der Waals surface area contributed by atoms with Crippen LogP contribution in [0.15, 0.2) is 54.1 Å². The van der Waals surface area contributed by atoms with Gasteiger partial charge in [0.05, 0.1) is 17.1 Å². The van der Waals surface area contributed by atoms with E-state index in [9.17, 15) is 4.79 Å². The van der Waals surface area contributed by atoms with Crippen molar-refractivity contribution in [2.75, 3.05) is 6.54 Å². The number of thiazole rings is 1. The van der Waals surface area contributed by atoms with E-state index in [0.29, 0.717) is 6.42 Å². The summed E-state index contributed by atoms with van der Waals surface area (Å²) in [5.41, 5.74) is 3.77. The Bertz CT molecular complexity index is 1030. The van der Waals surface area contributed by atoms with Gasteiger partial charge >= 0.3 is 0 Å². The topological polar surface area (TPSA) is 42.0 Å². The van der Waals surface area contributed by atoms with Crippen molar-refractivity contribution in [3.05, 3.63) is 75.3 Å². The maximum absolute atomic E-state index is 12.4. The highest BCUT2D eigenvalue weighted by Gasteiger charge is 2.13. The quantitative estimate of drug-likeness (QED) is 0.510. The summed E-state index contributed by atoms with van der Waals surface area (Å²) in [6, 6.07) is 14.9. The van der Waals surface area contributed by atoms with Gasteiger partial charge < -0.3 is 5.32 Å². The summed E-state index contributed by atoms with van der Waals surface area (Å²) >= 11 is 1.67. The summed E-state index contributed by atoms with van der Waals surface area (Å²) in [7, 11) is 0. The molecule has 0 bridgehead atoms. The first kappa shape index (κ1) is 19.8.